The lowest BCUT2D eigenvalue weighted by molar-refractivity contribution is -0.122. The third kappa shape index (κ3) is 3.95. The molecule has 2 amide bonds. The molecule has 1 aliphatic heterocycles. The fourth-order valence-corrected chi connectivity index (χ4v) is 4.92. The van der Waals surface area contributed by atoms with Crippen molar-refractivity contribution in [3.63, 3.8) is 0 Å². The number of rotatable bonds is 5. The van der Waals surface area contributed by atoms with Crippen molar-refractivity contribution >= 4 is 22.8 Å². The van der Waals surface area contributed by atoms with Crippen molar-refractivity contribution in [2.24, 2.45) is 0 Å². The summed E-state index contributed by atoms with van der Waals surface area (Å²) in [6.45, 7) is 3.16. The molecule has 2 heterocycles. The van der Waals surface area contributed by atoms with Crippen LogP contribution in [-0.4, -0.2) is 45.4 Å². The summed E-state index contributed by atoms with van der Waals surface area (Å²) >= 11 is 0. The van der Waals surface area contributed by atoms with Crippen LogP contribution in [0.25, 0.3) is 11.0 Å². The number of nitrogens with one attached hydrogen (secondary N) is 2. The molecule has 2 fully saturated rings. The van der Waals surface area contributed by atoms with Crippen LogP contribution in [0, 0.1) is 0 Å². The van der Waals surface area contributed by atoms with Gasteiger partial charge in [-0.2, -0.15) is 0 Å². The lowest BCUT2D eigenvalue weighted by atomic mass is 9.97. The van der Waals surface area contributed by atoms with Gasteiger partial charge in [0.25, 0.3) is 5.91 Å². The summed E-state index contributed by atoms with van der Waals surface area (Å²) in [5, 5.41) is 2.83. The quantitative estimate of drug-likeness (QED) is 0.812. The molecule has 2 N–H and O–H groups in total. The number of imidazole rings is 1. The Balaban J connectivity index is 1.59. The number of aromatic nitrogens is 2. The topological polar surface area (TPSA) is 87.2 Å². The van der Waals surface area contributed by atoms with Crippen molar-refractivity contribution in [2.75, 3.05) is 13.1 Å². The van der Waals surface area contributed by atoms with Crippen LogP contribution < -0.4 is 11.0 Å². The number of hydrogen-bond donors (Lipinski definition) is 2. The fourth-order valence-electron chi connectivity index (χ4n) is 4.92. The molecular weight excluding hydrogens is 368 g/mol. The number of carbonyl (C=O) groups excluding carboxylic acids is 2. The van der Waals surface area contributed by atoms with Gasteiger partial charge in [0.05, 0.1) is 11.0 Å². The van der Waals surface area contributed by atoms with Gasteiger partial charge in [-0.1, -0.05) is 12.8 Å². The first-order valence-electron chi connectivity index (χ1n) is 10.9. The van der Waals surface area contributed by atoms with Gasteiger partial charge in [0, 0.05) is 37.2 Å². The molecule has 2 aromatic rings. The Hall–Kier alpha value is -2.57. The normalized spacial score (nSPS) is 20.3. The molecule has 0 spiro atoms. The second-order valence-corrected chi connectivity index (χ2v) is 8.28. The van der Waals surface area contributed by atoms with E-state index < -0.39 is 0 Å². The van der Waals surface area contributed by atoms with Gasteiger partial charge in [-0.3, -0.25) is 14.2 Å². The molecule has 1 saturated heterocycles. The molecule has 29 heavy (non-hydrogen) atoms. The summed E-state index contributed by atoms with van der Waals surface area (Å²) in [5.41, 5.74) is 2.06. The zero-order valence-electron chi connectivity index (χ0n) is 17.1. The summed E-state index contributed by atoms with van der Waals surface area (Å²) in [4.78, 5) is 42.6. The van der Waals surface area contributed by atoms with E-state index in [-0.39, 0.29) is 29.6 Å². The molecule has 156 valence electrons. The lowest BCUT2D eigenvalue weighted by Gasteiger charge is -2.35. The smallest absolute Gasteiger partial charge is 0.326 e. The summed E-state index contributed by atoms with van der Waals surface area (Å²) in [7, 11) is 0. The highest BCUT2D eigenvalue weighted by molar-refractivity contribution is 5.98. The van der Waals surface area contributed by atoms with Crippen LogP contribution in [0.3, 0.4) is 0 Å². The number of piperidine rings is 1. The highest BCUT2D eigenvalue weighted by Gasteiger charge is 2.29. The van der Waals surface area contributed by atoms with E-state index in [1.54, 1.807) is 6.07 Å². The Bertz CT molecular complexity index is 955. The van der Waals surface area contributed by atoms with Gasteiger partial charge in [-0.15, -0.1) is 0 Å². The van der Waals surface area contributed by atoms with Crippen molar-refractivity contribution in [3.8, 4) is 0 Å². The number of likely N-dealkylation sites (tertiary alicyclic amines) is 1. The maximum atomic E-state index is 13.2. The highest BCUT2D eigenvalue weighted by atomic mass is 16.2. The van der Waals surface area contributed by atoms with Crippen LogP contribution in [-0.2, 0) is 4.79 Å². The predicted octanol–water partition coefficient (Wildman–Crippen LogP) is 2.97. The number of benzene rings is 1. The second-order valence-electron chi connectivity index (χ2n) is 8.28. The van der Waals surface area contributed by atoms with Gasteiger partial charge >= 0.3 is 5.69 Å². The molecule has 1 atom stereocenters. The van der Waals surface area contributed by atoms with Gasteiger partial charge in [-0.25, -0.2) is 4.79 Å². The standard InChI is InChI=1S/C22H30N4O3/c1-2-23-20(27)14-17-9-5-6-12-25(17)21(28)15-10-11-19-18(13-15)24-22(29)26(19)16-7-3-4-8-16/h10-11,13,16-17H,2-9,12,14H2,1H3,(H,23,27)(H,24,29)/t17-/m1/s1. The molecule has 2 aliphatic rings. The number of hydrogen-bond acceptors (Lipinski definition) is 3. The van der Waals surface area contributed by atoms with Gasteiger partial charge in [0.1, 0.15) is 0 Å². The average Bonchev–Trinajstić information content (AvgIpc) is 3.34. The van der Waals surface area contributed by atoms with E-state index >= 15 is 0 Å². The van der Waals surface area contributed by atoms with E-state index in [0.717, 1.165) is 50.5 Å². The highest BCUT2D eigenvalue weighted by Crippen LogP contribution is 2.31. The molecule has 1 saturated carbocycles. The summed E-state index contributed by atoms with van der Waals surface area (Å²) < 4.78 is 1.86. The van der Waals surface area contributed by atoms with Crippen molar-refractivity contribution < 1.29 is 9.59 Å². The number of fused-ring (bicyclic) bond motifs is 1. The minimum absolute atomic E-state index is 0.00868. The number of carbonyl (C=O) groups is 2. The maximum Gasteiger partial charge on any atom is 0.326 e. The first-order chi connectivity index (χ1) is 14.1. The van der Waals surface area contributed by atoms with Gasteiger partial charge in [0.15, 0.2) is 0 Å². The molecule has 7 nitrogen and oxygen atoms in total. The number of amides is 2. The van der Waals surface area contributed by atoms with Crippen molar-refractivity contribution in [1.29, 1.82) is 0 Å². The summed E-state index contributed by atoms with van der Waals surface area (Å²) in [6.07, 6.45) is 7.55. The minimum atomic E-state index is -0.0939. The average molecular weight is 399 g/mol. The number of H-pyrrole nitrogens is 1. The molecule has 1 aliphatic carbocycles. The summed E-state index contributed by atoms with van der Waals surface area (Å²) in [6, 6.07) is 5.69. The molecule has 4 rings (SSSR count). The van der Waals surface area contributed by atoms with Crippen LogP contribution in [0.15, 0.2) is 23.0 Å². The van der Waals surface area contributed by atoms with E-state index in [9.17, 15) is 14.4 Å². The fraction of sp³-hybridized carbons (Fsp3) is 0.591. The maximum absolute atomic E-state index is 13.2. The predicted molar refractivity (Wildman–Crippen MR) is 112 cm³/mol. The molecule has 1 aromatic carbocycles. The Morgan fingerprint density at radius 3 is 2.66 bits per heavy atom. The Kier molecular flexibility index (Phi) is 5.74. The van der Waals surface area contributed by atoms with Crippen molar-refractivity contribution in [1.82, 2.24) is 19.8 Å². The lowest BCUT2D eigenvalue weighted by Crippen LogP contribution is -2.46. The largest absolute Gasteiger partial charge is 0.356 e. The molecule has 7 heteroatoms. The van der Waals surface area contributed by atoms with Crippen molar-refractivity contribution in [3.05, 3.63) is 34.2 Å². The van der Waals surface area contributed by atoms with Crippen LogP contribution in [0.5, 0.6) is 0 Å². The molecule has 0 unspecified atom stereocenters. The first-order valence-corrected chi connectivity index (χ1v) is 10.9. The van der Waals surface area contributed by atoms with E-state index in [4.69, 9.17) is 0 Å². The monoisotopic (exact) mass is 398 g/mol. The van der Waals surface area contributed by atoms with Crippen molar-refractivity contribution in [2.45, 2.75) is 70.4 Å². The SMILES string of the molecule is CCNC(=O)C[C@H]1CCCCN1C(=O)c1ccc2c(c1)[nH]c(=O)n2C1CCCC1. The zero-order valence-corrected chi connectivity index (χ0v) is 17.1. The molecule has 0 radical (unpaired) electrons. The Morgan fingerprint density at radius 1 is 1.14 bits per heavy atom. The molecule has 0 bridgehead atoms. The third-order valence-corrected chi connectivity index (χ3v) is 6.34. The Labute approximate surface area is 170 Å². The van der Waals surface area contributed by atoms with Gasteiger partial charge < -0.3 is 15.2 Å². The summed E-state index contributed by atoms with van der Waals surface area (Å²) in [5.74, 6) is -0.0685. The zero-order chi connectivity index (χ0) is 20.4. The van der Waals surface area contributed by atoms with E-state index in [2.05, 4.69) is 10.3 Å². The van der Waals surface area contributed by atoms with E-state index in [1.807, 2.05) is 28.5 Å². The van der Waals surface area contributed by atoms with Crippen LogP contribution in [0.4, 0.5) is 0 Å². The third-order valence-electron chi connectivity index (χ3n) is 6.34. The van der Waals surface area contributed by atoms with Crippen LogP contribution in [0.1, 0.15) is 74.7 Å². The number of nitrogens with zero attached hydrogens (tertiary/aromatic N) is 2. The first kappa shape index (κ1) is 19.7. The van der Waals surface area contributed by atoms with Gasteiger partial charge in [0.2, 0.25) is 5.91 Å². The van der Waals surface area contributed by atoms with Crippen LogP contribution in [0.2, 0.25) is 0 Å². The molecule has 1 aromatic heterocycles. The molecular formula is C22H30N4O3. The van der Waals surface area contributed by atoms with E-state index in [1.165, 1.54) is 0 Å². The van der Waals surface area contributed by atoms with Crippen LogP contribution >= 0.6 is 0 Å². The minimum Gasteiger partial charge on any atom is -0.356 e. The second kappa shape index (κ2) is 8.43. The van der Waals surface area contributed by atoms with E-state index in [0.29, 0.717) is 30.6 Å². The van der Waals surface area contributed by atoms with Gasteiger partial charge in [-0.05, 0) is 57.2 Å². The number of aromatic amines is 1. The Morgan fingerprint density at radius 2 is 1.90 bits per heavy atom.